The van der Waals surface area contributed by atoms with Gasteiger partial charge >= 0.3 is 0 Å². The molecule has 0 fully saturated rings. The van der Waals surface area contributed by atoms with Gasteiger partial charge in [-0.1, -0.05) is 43.7 Å². The number of rotatable bonds is 4. The van der Waals surface area contributed by atoms with E-state index in [1.165, 1.54) is 5.57 Å². The maximum absolute atomic E-state index is 12.7. The van der Waals surface area contributed by atoms with Gasteiger partial charge in [-0.05, 0) is 31.0 Å². The summed E-state index contributed by atoms with van der Waals surface area (Å²) in [4.78, 5) is 17.4. The lowest BCUT2D eigenvalue weighted by atomic mass is 10.0. The second kappa shape index (κ2) is 9.76. The standard InChI is InChI=1S/C19H23N3O.2ClH/c1-13(2)18-11-16(15-5-3-4-6-17(15)22-18)19(23)21-12-14-7-9-20-10-8-14;;/h3-7,11,13,20H,8-10,12H2,1-2H3,(H,21,23);2*1H. The molecular formula is C19H25Cl2N3O. The first-order valence-corrected chi connectivity index (χ1v) is 8.21. The second-order valence-electron chi connectivity index (χ2n) is 6.27. The van der Waals surface area contributed by atoms with E-state index in [1.807, 2.05) is 30.3 Å². The number of aromatic nitrogens is 1. The Kier molecular flexibility index (Phi) is 8.36. The lowest BCUT2D eigenvalue weighted by Gasteiger charge is -2.16. The minimum Gasteiger partial charge on any atom is -0.348 e. The summed E-state index contributed by atoms with van der Waals surface area (Å²) in [6.45, 7) is 6.68. The number of para-hydroxylation sites is 1. The van der Waals surface area contributed by atoms with Crippen molar-refractivity contribution in [2.75, 3.05) is 19.6 Å². The molecule has 0 saturated heterocycles. The number of nitrogens with zero attached hydrogens (tertiary/aromatic N) is 1. The molecule has 1 aliphatic rings. The number of halogens is 2. The number of nitrogens with one attached hydrogen (secondary N) is 2. The van der Waals surface area contributed by atoms with Crippen molar-refractivity contribution in [1.82, 2.24) is 15.6 Å². The molecule has 0 radical (unpaired) electrons. The second-order valence-corrected chi connectivity index (χ2v) is 6.27. The Bertz CT molecular complexity index is 759. The molecule has 0 bridgehead atoms. The van der Waals surface area contributed by atoms with Crippen molar-refractivity contribution in [3.8, 4) is 0 Å². The zero-order valence-electron chi connectivity index (χ0n) is 14.5. The molecule has 0 saturated carbocycles. The number of carbonyl (C=O) groups excluding carboxylic acids is 1. The highest BCUT2D eigenvalue weighted by Crippen LogP contribution is 2.22. The Morgan fingerprint density at radius 3 is 2.72 bits per heavy atom. The summed E-state index contributed by atoms with van der Waals surface area (Å²) in [5, 5.41) is 7.26. The summed E-state index contributed by atoms with van der Waals surface area (Å²) >= 11 is 0. The quantitative estimate of drug-likeness (QED) is 0.790. The van der Waals surface area contributed by atoms with E-state index in [0.717, 1.165) is 36.1 Å². The molecule has 1 aliphatic heterocycles. The number of fused-ring (bicyclic) bond motifs is 1. The molecule has 0 aliphatic carbocycles. The highest BCUT2D eigenvalue weighted by Gasteiger charge is 2.14. The van der Waals surface area contributed by atoms with Crippen LogP contribution < -0.4 is 10.6 Å². The predicted molar refractivity (Wildman–Crippen MR) is 108 cm³/mol. The molecule has 6 heteroatoms. The fourth-order valence-electron chi connectivity index (χ4n) is 2.80. The number of benzene rings is 1. The van der Waals surface area contributed by atoms with E-state index >= 15 is 0 Å². The topological polar surface area (TPSA) is 54.0 Å². The number of pyridine rings is 1. The van der Waals surface area contributed by atoms with Crippen LogP contribution in [0, 0.1) is 0 Å². The smallest absolute Gasteiger partial charge is 0.252 e. The fourth-order valence-corrected chi connectivity index (χ4v) is 2.80. The van der Waals surface area contributed by atoms with Crippen LogP contribution in [0.4, 0.5) is 0 Å². The van der Waals surface area contributed by atoms with Gasteiger partial charge in [0, 0.05) is 24.2 Å². The number of amides is 1. The van der Waals surface area contributed by atoms with Gasteiger partial charge < -0.3 is 10.6 Å². The van der Waals surface area contributed by atoms with Crippen molar-refractivity contribution in [2.24, 2.45) is 0 Å². The largest absolute Gasteiger partial charge is 0.348 e. The minimum atomic E-state index is -0.0232. The van der Waals surface area contributed by atoms with Gasteiger partial charge in [0.2, 0.25) is 0 Å². The fraction of sp³-hybridized carbons (Fsp3) is 0.368. The van der Waals surface area contributed by atoms with Gasteiger partial charge in [0.25, 0.3) is 5.91 Å². The molecule has 0 atom stereocenters. The van der Waals surface area contributed by atoms with Crippen molar-refractivity contribution >= 4 is 41.6 Å². The van der Waals surface area contributed by atoms with Crippen molar-refractivity contribution in [3.05, 3.63) is 53.2 Å². The van der Waals surface area contributed by atoms with E-state index in [-0.39, 0.29) is 30.7 Å². The van der Waals surface area contributed by atoms with Crippen LogP contribution in [0.5, 0.6) is 0 Å². The Hall–Kier alpha value is -1.62. The summed E-state index contributed by atoms with van der Waals surface area (Å²) in [6.07, 6.45) is 3.16. The third-order valence-corrected chi connectivity index (χ3v) is 4.21. The van der Waals surface area contributed by atoms with Crippen LogP contribution in [0.15, 0.2) is 42.0 Å². The van der Waals surface area contributed by atoms with Gasteiger partial charge in [0.15, 0.2) is 0 Å². The summed E-state index contributed by atoms with van der Waals surface area (Å²) in [7, 11) is 0. The molecule has 2 heterocycles. The molecule has 0 spiro atoms. The Balaban J connectivity index is 0.00000156. The normalized spacial score (nSPS) is 13.6. The zero-order chi connectivity index (χ0) is 16.2. The van der Waals surface area contributed by atoms with Gasteiger partial charge in [-0.3, -0.25) is 9.78 Å². The van der Waals surface area contributed by atoms with Crippen molar-refractivity contribution < 1.29 is 4.79 Å². The van der Waals surface area contributed by atoms with Crippen LogP contribution in [0.1, 0.15) is 42.2 Å². The van der Waals surface area contributed by atoms with Crippen LogP contribution in [0.25, 0.3) is 10.9 Å². The summed E-state index contributed by atoms with van der Waals surface area (Å²) in [5.74, 6) is 0.267. The van der Waals surface area contributed by atoms with Gasteiger partial charge in [0.1, 0.15) is 0 Å². The Morgan fingerprint density at radius 1 is 1.28 bits per heavy atom. The summed E-state index contributed by atoms with van der Waals surface area (Å²) in [5.41, 5.74) is 3.84. The van der Waals surface area contributed by atoms with Crippen LogP contribution in [-0.4, -0.2) is 30.5 Å². The molecule has 1 aromatic carbocycles. The number of carbonyl (C=O) groups is 1. The lowest BCUT2D eigenvalue weighted by molar-refractivity contribution is 0.0958. The highest BCUT2D eigenvalue weighted by atomic mass is 35.5. The first-order chi connectivity index (χ1) is 11.1. The first-order valence-electron chi connectivity index (χ1n) is 8.21. The Morgan fingerprint density at radius 2 is 2.04 bits per heavy atom. The molecular weight excluding hydrogens is 357 g/mol. The maximum atomic E-state index is 12.7. The molecule has 0 unspecified atom stereocenters. The van der Waals surface area contributed by atoms with Crippen molar-refractivity contribution in [1.29, 1.82) is 0 Å². The average Bonchev–Trinajstić information content (AvgIpc) is 2.59. The first kappa shape index (κ1) is 21.4. The molecule has 3 rings (SSSR count). The van der Waals surface area contributed by atoms with Gasteiger partial charge in [-0.25, -0.2) is 0 Å². The van der Waals surface area contributed by atoms with Crippen molar-refractivity contribution in [2.45, 2.75) is 26.2 Å². The predicted octanol–water partition coefficient (Wildman–Crippen LogP) is 3.85. The molecule has 136 valence electrons. The molecule has 2 aromatic rings. The SMILES string of the molecule is CC(C)c1cc(C(=O)NCC2=CCNCC2)c2ccccc2n1.Cl.Cl. The molecule has 25 heavy (non-hydrogen) atoms. The monoisotopic (exact) mass is 381 g/mol. The van der Waals surface area contributed by atoms with Crippen LogP contribution in [0.3, 0.4) is 0 Å². The van der Waals surface area contributed by atoms with Gasteiger partial charge in [-0.2, -0.15) is 0 Å². The number of hydrogen-bond donors (Lipinski definition) is 2. The third-order valence-electron chi connectivity index (χ3n) is 4.21. The van der Waals surface area contributed by atoms with Gasteiger partial charge in [0.05, 0.1) is 11.1 Å². The number of hydrogen-bond acceptors (Lipinski definition) is 3. The van der Waals surface area contributed by atoms with Crippen LogP contribution in [-0.2, 0) is 0 Å². The molecule has 1 amide bonds. The lowest BCUT2D eigenvalue weighted by Crippen LogP contribution is -2.29. The zero-order valence-corrected chi connectivity index (χ0v) is 16.2. The molecule has 4 nitrogen and oxygen atoms in total. The summed E-state index contributed by atoms with van der Waals surface area (Å²) in [6, 6.07) is 9.77. The van der Waals surface area contributed by atoms with E-state index in [9.17, 15) is 4.79 Å². The van der Waals surface area contributed by atoms with E-state index < -0.39 is 0 Å². The third kappa shape index (κ3) is 5.18. The van der Waals surface area contributed by atoms with Gasteiger partial charge in [-0.15, -0.1) is 24.8 Å². The molecule has 1 aromatic heterocycles. The highest BCUT2D eigenvalue weighted by molar-refractivity contribution is 6.06. The average molecular weight is 382 g/mol. The van der Waals surface area contributed by atoms with Crippen LogP contribution >= 0.6 is 24.8 Å². The Labute approximate surface area is 161 Å². The maximum Gasteiger partial charge on any atom is 0.252 e. The van der Waals surface area contributed by atoms with Crippen LogP contribution in [0.2, 0.25) is 0 Å². The van der Waals surface area contributed by atoms with E-state index in [2.05, 4.69) is 35.5 Å². The van der Waals surface area contributed by atoms with E-state index in [1.54, 1.807) is 0 Å². The van der Waals surface area contributed by atoms with Crippen molar-refractivity contribution in [3.63, 3.8) is 0 Å². The molecule has 2 N–H and O–H groups in total. The van der Waals surface area contributed by atoms with E-state index in [0.29, 0.717) is 18.0 Å². The minimum absolute atomic E-state index is 0. The summed E-state index contributed by atoms with van der Waals surface area (Å²) < 4.78 is 0. The van der Waals surface area contributed by atoms with E-state index in [4.69, 9.17) is 0 Å².